The summed E-state index contributed by atoms with van der Waals surface area (Å²) in [6.07, 6.45) is 2.18. The van der Waals surface area contributed by atoms with Crippen LogP contribution in [0.1, 0.15) is 40.5 Å². The van der Waals surface area contributed by atoms with Crippen molar-refractivity contribution in [3.05, 3.63) is 0 Å². The van der Waals surface area contributed by atoms with Gasteiger partial charge in [0, 0.05) is 12.1 Å². The van der Waals surface area contributed by atoms with Gasteiger partial charge in [0.25, 0.3) is 0 Å². The smallest absolute Gasteiger partial charge is 0.325 e. The molecule has 3 unspecified atom stereocenters. The molecule has 1 heterocycles. The van der Waals surface area contributed by atoms with Crippen LogP contribution in [0.25, 0.3) is 0 Å². The topological polar surface area (TPSA) is 69.6 Å². The van der Waals surface area contributed by atoms with Gasteiger partial charge in [-0.25, -0.2) is 0 Å². The summed E-state index contributed by atoms with van der Waals surface area (Å²) < 4.78 is 0. The molecule has 5 nitrogen and oxygen atoms in total. The van der Waals surface area contributed by atoms with Crippen molar-refractivity contribution in [1.82, 2.24) is 10.2 Å². The molecule has 0 aromatic carbocycles. The minimum atomic E-state index is -1.01. The normalized spacial score (nSPS) is 28.7. The number of likely N-dealkylation sites (tertiary alicyclic amines) is 1. The molecule has 2 N–H and O–H groups in total. The number of nitrogens with one attached hydrogen (secondary N) is 1. The highest BCUT2D eigenvalue weighted by Gasteiger charge is 2.34. The summed E-state index contributed by atoms with van der Waals surface area (Å²) in [7, 11) is 0. The van der Waals surface area contributed by atoms with E-state index in [1.807, 2.05) is 6.92 Å². The fraction of sp³-hybridized carbons (Fsp3) is 0.833. The van der Waals surface area contributed by atoms with Crippen LogP contribution in [0.4, 0.5) is 0 Å². The monoisotopic (exact) mass is 242 g/mol. The van der Waals surface area contributed by atoms with Crippen LogP contribution in [-0.4, -0.2) is 46.1 Å². The number of aliphatic carboxylic acids is 1. The predicted octanol–water partition coefficient (Wildman–Crippen LogP) is 0.837. The number of carboxylic acids is 1. The van der Waals surface area contributed by atoms with E-state index in [2.05, 4.69) is 24.1 Å². The summed E-state index contributed by atoms with van der Waals surface area (Å²) in [5.41, 5.74) is 0. The van der Waals surface area contributed by atoms with Crippen LogP contribution in [0.15, 0.2) is 0 Å². The molecule has 98 valence electrons. The van der Waals surface area contributed by atoms with Crippen LogP contribution >= 0.6 is 0 Å². The van der Waals surface area contributed by atoms with Crippen molar-refractivity contribution in [2.75, 3.05) is 0 Å². The van der Waals surface area contributed by atoms with E-state index in [9.17, 15) is 9.59 Å². The van der Waals surface area contributed by atoms with Gasteiger partial charge in [0.05, 0.1) is 6.04 Å². The second kappa shape index (κ2) is 5.49. The Labute approximate surface area is 102 Å². The van der Waals surface area contributed by atoms with Crippen molar-refractivity contribution < 1.29 is 14.7 Å². The first-order valence-electron chi connectivity index (χ1n) is 6.15. The quantitative estimate of drug-likeness (QED) is 0.766. The Bertz CT molecular complexity index is 296. The van der Waals surface area contributed by atoms with E-state index >= 15 is 0 Å². The molecular weight excluding hydrogens is 220 g/mol. The Hall–Kier alpha value is -1.10. The van der Waals surface area contributed by atoms with E-state index in [1.54, 1.807) is 0 Å². The van der Waals surface area contributed by atoms with Crippen molar-refractivity contribution in [1.29, 1.82) is 0 Å². The van der Waals surface area contributed by atoms with E-state index in [0.717, 1.165) is 12.8 Å². The molecule has 17 heavy (non-hydrogen) atoms. The Morgan fingerprint density at radius 3 is 2.12 bits per heavy atom. The van der Waals surface area contributed by atoms with Gasteiger partial charge in [-0.3, -0.25) is 14.5 Å². The molecular formula is C12H22N2O3. The van der Waals surface area contributed by atoms with Gasteiger partial charge in [-0.2, -0.15) is 0 Å². The van der Waals surface area contributed by atoms with Gasteiger partial charge in [0.1, 0.15) is 6.04 Å². The van der Waals surface area contributed by atoms with Crippen molar-refractivity contribution in [3.8, 4) is 0 Å². The van der Waals surface area contributed by atoms with Crippen molar-refractivity contribution in [3.63, 3.8) is 0 Å². The Morgan fingerprint density at radius 1 is 1.24 bits per heavy atom. The molecule has 1 aliphatic rings. The van der Waals surface area contributed by atoms with E-state index < -0.39 is 12.0 Å². The van der Waals surface area contributed by atoms with Crippen molar-refractivity contribution >= 4 is 11.9 Å². The van der Waals surface area contributed by atoms with Crippen LogP contribution in [-0.2, 0) is 9.59 Å². The van der Waals surface area contributed by atoms with Crippen molar-refractivity contribution in [2.24, 2.45) is 0 Å². The number of carbonyl (C=O) groups excluding carboxylic acids is 1. The number of carboxylic acid groups (broad SMARTS) is 1. The Balaban J connectivity index is 2.60. The van der Waals surface area contributed by atoms with Crippen LogP contribution in [0.2, 0.25) is 0 Å². The lowest BCUT2D eigenvalue weighted by atomic mass is 10.2. The largest absolute Gasteiger partial charge is 0.480 e. The van der Waals surface area contributed by atoms with Gasteiger partial charge in [-0.1, -0.05) is 0 Å². The van der Waals surface area contributed by atoms with E-state index in [1.165, 1.54) is 6.92 Å². The highest BCUT2D eigenvalue weighted by Crippen LogP contribution is 2.25. The first-order chi connectivity index (χ1) is 7.84. The summed E-state index contributed by atoms with van der Waals surface area (Å²) >= 11 is 0. The van der Waals surface area contributed by atoms with Gasteiger partial charge in [0.2, 0.25) is 5.91 Å². The maximum absolute atomic E-state index is 11.9. The number of rotatable bonds is 4. The number of hydrogen-bond donors (Lipinski definition) is 2. The maximum Gasteiger partial charge on any atom is 0.325 e. The van der Waals surface area contributed by atoms with E-state index in [4.69, 9.17) is 5.11 Å². The third-order valence-corrected chi connectivity index (χ3v) is 3.58. The van der Waals surface area contributed by atoms with Crippen LogP contribution < -0.4 is 5.32 Å². The van der Waals surface area contributed by atoms with Crippen LogP contribution in [0.3, 0.4) is 0 Å². The fourth-order valence-electron chi connectivity index (χ4n) is 2.51. The van der Waals surface area contributed by atoms with Gasteiger partial charge in [0.15, 0.2) is 0 Å². The Morgan fingerprint density at radius 2 is 1.71 bits per heavy atom. The first-order valence-corrected chi connectivity index (χ1v) is 6.15. The number of hydrogen-bond acceptors (Lipinski definition) is 3. The van der Waals surface area contributed by atoms with Crippen molar-refractivity contribution in [2.45, 2.75) is 64.7 Å². The molecule has 0 bridgehead atoms. The van der Waals surface area contributed by atoms with Gasteiger partial charge in [-0.05, 0) is 40.5 Å². The number of nitrogens with zero attached hydrogens (tertiary/aromatic N) is 1. The molecule has 0 saturated carbocycles. The molecule has 1 fully saturated rings. The number of carbonyl (C=O) groups is 2. The van der Waals surface area contributed by atoms with E-state index in [-0.39, 0.29) is 11.9 Å². The highest BCUT2D eigenvalue weighted by molar-refractivity contribution is 5.86. The first kappa shape index (κ1) is 14.0. The third kappa shape index (κ3) is 3.19. The summed E-state index contributed by atoms with van der Waals surface area (Å²) in [4.78, 5) is 24.8. The molecule has 0 radical (unpaired) electrons. The average molecular weight is 242 g/mol. The fourth-order valence-corrected chi connectivity index (χ4v) is 2.51. The Kier molecular flexibility index (Phi) is 4.51. The average Bonchev–Trinajstić information content (AvgIpc) is 2.57. The molecule has 0 aromatic heterocycles. The zero-order valence-corrected chi connectivity index (χ0v) is 10.9. The van der Waals surface area contributed by atoms with Gasteiger partial charge in [-0.15, -0.1) is 0 Å². The minimum absolute atomic E-state index is 0.208. The zero-order valence-electron chi connectivity index (χ0n) is 10.9. The standard InChI is InChI=1S/C12H22N2O3/c1-7-5-6-8(2)14(7)10(4)11(15)13-9(3)12(16)17/h7-10H,5-6H2,1-4H3,(H,13,15)(H,16,17)/t7?,8?,9-,10?/m0/s1. The number of amides is 1. The third-order valence-electron chi connectivity index (χ3n) is 3.58. The molecule has 5 heteroatoms. The summed E-state index contributed by atoms with van der Waals surface area (Å²) in [6.45, 7) is 7.52. The second-order valence-corrected chi connectivity index (χ2v) is 4.97. The van der Waals surface area contributed by atoms with Crippen LogP contribution in [0.5, 0.6) is 0 Å². The predicted molar refractivity (Wildman–Crippen MR) is 64.7 cm³/mol. The lowest BCUT2D eigenvalue weighted by Crippen LogP contribution is -2.52. The van der Waals surface area contributed by atoms with Gasteiger partial charge < -0.3 is 10.4 Å². The van der Waals surface area contributed by atoms with E-state index in [0.29, 0.717) is 12.1 Å². The molecule has 0 aromatic rings. The van der Waals surface area contributed by atoms with Crippen LogP contribution in [0, 0.1) is 0 Å². The zero-order chi connectivity index (χ0) is 13.2. The summed E-state index contributed by atoms with van der Waals surface area (Å²) in [5.74, 6) is -1.21. The lowest BCUT2D eigenvalue weighted by molar-refractivity contribution is -0.142. The summed E-state index contributed by atoms with van der Waals surface area (Å²) in [6, 6.07) is -0.348. The highest BCUT2D eigenvalue weighted by atomic mass is 16.4. The molecule has 0 aliphatic carbocycles. The molecule has 1 rings (SSSR count). The SMILES string of the molecule is CC1CCC(C)N1C(C)C(=O)N[C@@H](C)C(=O)O. The minimum Gasteiger partial charge on any atom is -0.480 e. The molecule has 1 amide bonds. The molecule has 4 atom stereocenters. The summed E-state index contributed by atoms with van der Waals surface area (Å²) in [5, 5.41) is 11.3. The molecule has 0 spiro atoms. The molecule has 1 saturated heterocycles. The second-order valence-electron chi connectivity index (χ2n) is 4.97. The lowest BCUT2D eigenvalue weighted by Gasteiger charge is -2.32. The maximum atomic E-state index is 11.9. The molecule has 1 aliphatic heterocycles. The van der Waals surface area contributed by atoms with Gasteiger partial charge >= 0.3 is 5.97 Å².